The molecular formula is C13H19NO4S. The molecule has 0 amide bonds. The van der Waals surface area contributed by atoms with E-state index in [1.165, 1.54) is 13.4 Å². The molecule has 0 saturated heterocycles. The minimum absolute atomic E-state index is 0.0430. The van der Waals surface area contributed by atoms with Crippen molar-refractivity contribution < 1.29 is 18.3 Å². The van der Waals surface area contributed by atoms with Crippen LogP contribution in [0.2, 0.25) is 0 Å². The van der Waals surface area contributed by atoms with Crippen LogP contribution in [0, 0.1) is 0 Å². The maximum atomic E-state index is 11.7. The number of benzene rings is 1. The summed E-state index contributed by atoms with van der Waals surface area (Å²) in [6.07, 6.45) is 3.70. The number of rotatable bonds is 4. The summed E-state index contributed by atoms with van der Waals surface area (Å²) in [5, 5.41) is 12.6. The summed E-state index contributed by atoms with van der Waals surface area (Å²) in [5.74, 6) is 0.443. The summed E-state index contributed by atoms with van der Waals surface area (Å²) in [6.45, 7) is 0. The highest BCUT2D eigenvalue weighted by Crippen LogP contribution is 2.32. The number of aromatic hydroxyl groups is 1. The number of anilines is 1. The van der Waals surface area contributed by atoms with Crippen molar-refractivity contribution in [2.75, 3.05) is 18.7 Å². The molecule has 0 radical (unpaired) electrons. The van der Waals surface area contributed by atoms with Gasteiger partial charge in [0.1, 0.15) is 0 Å². The van der Waals surface area contributed by atoms with E-state index in [0.717, 1.165) is 12.8 Å². The zero-order valence-electron chi connectivity index (χ0n) is 11.1. The van der Waals surface area contributed by atoms with Crippen LogP contribution in [0.1, 0.15) is 19.3 Å². The fourth-order valence-electron chi connectivity index (χ4n) is 2.60. The average molecular weight is 285 g/mol. The smallest absolute Gasteiger partial charge is 0.160 e. The highest BCUT2D eigenvalue weighted by Gasteiger charge is 2.34. The highest BCUT2D eigenvalue weighted by atomic mass is 32.2. The van der Waals surface area contributed by atoms with Crippen LogP contribution < -0.4 is 10.1 Å². The first kappa shape index (κ1) is 14.0. The Morgan fingerprint density at radius 2 is 2.11 bits per heavy atom. The monoisotopic (exact) mass is 285 g/mol. The predicted molar refractivity (Wildman–Crippen MR) is 74.6 cm³/mol. The third-order valence-electron chi connectivity index (χ3n) is 3.53. The van der Waals surface area contributed by atoms with E-state index in [0.29, 0.717) is 17.9 Å². The van der Waals surface area contributed by atoms with E-state index in [-0.39, 0.29) is 17.0 Å². The number of phenols is 1. The number of methoxy groups -OCH3 is 1. The second-order valence-corrected chi connectivity index (χ2v) is 7.20. The summed E-state index contributed by atoms with van der Waals surface area (Å²) in [6, 6.07) is 4.89. The van der Waals surface area contributed by atoms with Crippen LogP contribution in [0.5, 0.6) is 11.5 Å². The first-order valence-corrected chi connectivity index (χ1v) is 8.19. The number of phenolic OH excluding ortho intramolecular Hbond substituents is 1. The zero-order valence-corrected chi connectivity index (χ0v) is 11.9. The Labute approximate surface area is 113 Å². The summed E-state index contributed by atoms with van der Waals surface area (Å²) >= 11 is 0. The molecule has 6 heteroatoms. The van der Waals surface area contributed by atoms with Crippen LogP contribution in [0.25, 0.3) is 0 Å². The first-order valence-electron chi connectivity index (χ1n) is 6.24. The van der Waals surface area contributed by atoms with E-state index < -0.39 is 9.84 Å². The number of hydrogen-bond acceptors (Lipinski definition) is 5. The van der Waals surface area contributed by atoms with Crippen molar-refractivity contribution in [3.8, 4) is 11.5 Å². The van der Waals surface area contributed by atoms with E-state index in [9.17, 15) is 13.5 Å². The Balaban J connectivity index is 2.15. The molecule has 0 aliphatic heterocycles. The molecule has 19 heavy (non-hydrogen) atoms. The lowest BCUT2D eigenvalue weighted by Gasteiger charge is -2.21. The van der Waals surface area contributed by atoms with Gasteiger partial charge in [0.25, 0.3) is 0 Å². The molecule has 1 aromatic carbocycles. The van der Waals surface area contributed by atoms with Gasteiger partial charge in [-0.2, -0.15) is 0 Å². The van der Waals surface area contributed by atoms with Crippen molar-refractivity contribution in [1.82, 2.24) is 0 Å². The van der Waals surface area contributed by atoms with Gasteiger partial charge in [-0.25, -0.2) is 8.42 Å². The number of nitrogens with one attached hydrogen (secondary N) is 1. The number of sulfone groups is 1. The van der Waals surface area contributed by atoms with Gasteiger partial charge in [0.05, 0.1) is 12.4 Å². The Hall–Kier alpha value is -1.43. The molecule has 1 aromatic rings. The first-order chi connectivity index (χ1) is 8.91. The van der Waals surface area contributed by atoms with Crippen LogP contribution in [0.3, 0.4) is 0 Å². The standard InChI is InChI=1S/C13H19NO4S/c1-18-12-7-6-9(8-11(12)15)14-10-4-3-5-13(10)19(2,16)17/h6-8,10,13-15H,3-5H2,1-2H3. The maximum Gasteiger partial charge on any atom is 0.160 e. The predicted octanol–water partition coefficient (Wildman–Crippen LogP) is 1.78. The molecule has 1 aliphatic rings. The summed E-state index contributed by atoms with van der Waals surface area (Å²) in [5.41, 5.74) is 0.707. The Morgan fingerprint density at radius 1 is 1.37 bits per heavy atom. The fourth-order valence-corrected chi connectivity index (χ4v) is 3.99. The average Bonchev–Trinajstić information content (AvgIpc) is 2.77. The molecule has 2 atom stereocenters. The van der Waals surface area contributed by atoms with Gasteiger partial charge in [-0.1, -0.05) is 0 Å². The molecule has 1 fully saturated rings. The molecule has 2 N–H and O–H groups in total. The summed E-state index contributed by atoms with van der Waals surface area (Å²) in [4.78, 5) is 0. The van der Waals surface area contributed by atoms with Gasteiger partial charge in [-0.3, -0.25) is 0 Å². The highest BCUT2D eigenvalue weighted by molar-refractivity contribution is 7.91. The largest absolute Gasteiger partial charge is 0.504 e. The quantitative estimate of drug-likeness (QED) is 0.882. The van der Waals surface area contributed by atoms with Gasteiger partial charge in [-0.15, -0.1) is 0 Å². The van der Waals surface area contributed by atoms with E-state index in [1.54, 1.807) is 18.2 Å². The molecule has 5 nitrogen and oxygen atoms in total. The lowest BCUT2D eigenvalue weighted by molar-refractivity contribution is 0.373. The Bertz CT molecular complexity index is 556. The van der Waals surface area contributed by atoms with Crippen LogP contribution in [-0.4, -0.2) is 38.2 Å². The van der Waals surface area contributed by atoms with E-state index in [2.05, 4.69) is 5.32 Å². The molecule has 0 bridgehead atoms. The minimum atomic E-state index is -3.04. The minimum Gasteiger partial charge on any atom is -0.504 e. The molecule has 1 saturated carbocycles. The fraction of sp³-hybridized carbons (Fsp3) is 0.538. The topological polar surface area (TPSA) is 75.6 Å². The van der Waals surface area contributed by atoms with Crippen molar-refractivity contribution >= 4 is 15.5 Å². The number of hydrogen-bond donors (Lipinski definition) is 2. The normalized spacial score (nSPS) is 23.3. The van der Waals surface area contributed by atoms with Gasteiger partial charge < -0.3 is 15.2 Å². The van der Waals surface area contributed by atoms with Crippen LogP contribution in [0.4, 0.5) is 5.69 Å². The lowest BCUT2D eigenvalue weighted by atomic mass is 10.2. The SMILES string of the molecule is COc1ccc(NC2CCCC2S(C)(=O)=O)cc1O. The van der Waals surface area contributed by atoms with Gasteiger partial charge in [-0.05, 0) is 31.4 Å². The van der Waals surface area contributed by atoms with Crippen molar-refractivity contribution in [3.63, 3.8) is 0 Å². The van der Waals surface area contributed by atoms with Crippen LogP contribution >= 0.6 is 0 Å². The van der Waals surface area contributed by atoms with Gasteiger partial charge in [0, 0.05) is 24.1 Å². The van der Waals surface area contributed by atoms with E-state index in [1.807, 2.05) is 0 Å². The van der Waals surface area contributed by atoms with Gasteiger partial charge in [0.15, 0.2) is 21.3 Å². The van der Waals surface area contributed by atoms with Crippen LogP contribution in [-0.2, 0) is 9.84 Å². The molecule has 1 aliphatic carbocycles. The Morgan fingerprint density at radius 3 is 2.68 bits per heavy atom. The van der Waals surface area contributed by atoms with Crippen LogP contribution in [0.15, 0.2) is 18.2 Å². The Kier molecular flexibility index (Phi) is 3.89. The summed E-state index contributed by atoms with van der Waals surface area (Å²) in [7, 11) is -1.56. The second-order valence-electron chi connectivity index (χ2n) is 4.94. The maximum absolute atomic E-state index is 11.7. The summed E-state index contributed by atoms with van der Waals surface area (Å²) < 4.78 is 28.4. The van der Waals surface area contributed by atoms with Gasteiger partial charge >= 0.3 is 0 Å². The van der Waals surface area contributed by atoms with Gasteiger partial charge in [0.2, 0.25) is 0 Å². The zero-order chi connectivity index (χ0) is 14.0. The number of ether oxygens (including phenoxy) is 1. The molecule has 2 rings (SSSR count). The van der Waals surface area contributed by atoms with E-state index in [4.69, 9.17) is 4.74 Å². The third-order valence-corrected chi connectivity index (χ3v) is 5.20. The van der Waals surface area contributed by atoms with E-state index >= 15 is 0 Å². The third kappa shape index (κ3) is 3.12. The molecule has 106 valence electrons. The van der Waals surface area contributed by atoms with Crippen molar-refractivity contribution in [2.45, 2.75) is 30.6 Å². The molecular weight excluding hydrogens is 266 g/mol. The molecule has 0 spiro atoms. The lowest BCUT2D eigenvalue weighted by Crippen LogP contribution is -2.34. The molecule has 0 aromatic heterocycles. The second kappa shape index (κ2) is 5.28. The van der Waals surface area contributed by atoms with Crippen molar-refractivity contribution in [2.24, 2.45) is 0 Å². The molecule has 0 heterocycles. The van der Waals surface area contributed by atoms with Crippen molar-refractivity contribution in [1.29, 1.82) is 0 Å². The van der Waals surface area contributed by atoms with Crippen molar-refractivity contribution in [3.05, 3.63) is 18.2 Å². The molecule has 2 unspecified atom stereocenters.